The molecule has 0 unspecified atom stereocenters. The summed E-state index contributed by atoms with van der Waals surface area (Å²) in [5, 5.41) is 9.77. The minimum atomic E-state index is -2.69. The molecule has 1 aliphatic carbocycles. The van der Waals surface area contributed by atoms with Crippen molar-refractivity contribution in [1.82, 2.24) is 0 Å². The first-order valence-electron chi connectivity index (χ1n) is 10.2. The number of hydrogen-bond donors (Lipinski definition) is 1. The maximum absolute atomic E-state index is 13.4. The van der Waals surface area contributed by atoms with Gasteiger partial charge in [0.15, 0.2) is 7.37 Å². The molecule has 1 aromatic heterocycles. The number of nitrogens with zero attached hydrogens (tertiary/aromatic N) is 1. The van der Waals surface area contributed by atoms with Crippen molar-refractivity contribution >= 4 is 36.3 Å². The van der Waals surface area contributed by atoms with Crippen molar-refractivity contribution in [3.05, 3.63) is 15.8 Å². The Bertz CT molecular complexity index is 783. The van der Waals surface area contributed by atoms with Gasteiger partial charge in [-0.3, -0.25) is 9.36 Å². The molecule has 1 saturated carbocycles. The smallest absolute Gasteiger partial charge is 0.348 e. The molecule has 2 rings (SSSR count). The van der Waals surface area contributed by atoms with Crippen LogP contribution in [-0.2, 0) is 19.3 Å². The molecule has 164 valence electrons. The van der Waals surface area contributed by atoms with Crippen molar-refractivity contribution in [3.8, 4) is 0 Å². The van der Waals surface area contributed by atoms with Gasteiger partial charge in [-0.2, -0.15) is 0 Å². The zero-order chi connectivity index (χ0) is 22.0. The van der Waals surface area contributed by atoms with Crippen molar-refractivity contribution in [2.45, 2.75) is 58.8 Å². The summed E-state index contributed by atoms with van der Waals surface area (Å²) in [5.74, 6) is -0.581. The third kappa shape index (κ3) is 6.66. The Morgan fingerprint density at radius 2 is 1.83 bits per heavy atom. The molecule has 1 fully saturated rings. The highest BCUT2D eigenvalue weighted by atomic mass is 32.1. The van der Waals surface area contributed by atoms with Crippen LogP contribution in [0.25, 0.3) is 0 Å². The third-order valence-corrected chi connectivity index (χ3v) is 7.63. The van der Waals surface area contributed by atoms with Gasteiger partial charge >= 0.3 is 5.97 Å². The molecule has 0 atom stereocenters. The number of carboxylic acid groups (broad SMARTS) is 1. The summed E-state index contributed by atoms with van der Waals surface area (Å²) in [7, 11) is -2.69. The van der Waals surface area contributed by atoms with Crippen molar-refractivity contribution in [3.63, 3.8) is 0 Å². The first-order chi connectivity index (χ1) is 13.3. The monoisotopic (exact) mass is 443 g/mol. The maximum Gasteiger partial charge on any atom is 0.348 e. The van der Waals surface area contributed by atoms with Crippen molar-refractivity contribution in [1.29, 1.82) is 0 Å². The Morgan fingerprint density at radius 1 is 1.24 bits per heavy atom. The third-order valence-electron chi connectivity index (χ3n) is 5.28. The van der Waals surface area contributed by atoms with Crippen LogP contribution in [0.3, 0.4) is 0 Å². The van der Waals surface area contributed by atoms with E-state index in [0.717, 1.165) is 30.6 Å². The molecule has 0 saturated heterocycles. The zero-order valence-corrected chi connectivity index (χ0v) is 20.1. The summed E-state index contributed by atoms with van der Waals surface area (Å²) in [4.78, 5) is 28.0. The van der Waals surface area contributed by atoms with Crippen LogP contribution >= 0.6 is 18.7 Å². The normalized spacial score (nSPS) is 20.5. The molecular weight excluding hydrogens is 409 g/mol. The summed E-state index contributed by atoms with van der Waals surface area (Å²) in [5.41, 5.74) is 0.211. The van der Waals surface area contributed by atoms with Gasteiger partial charge in [0.1, 0.15) is 4.88 Å². The van der Waals surface area contributed by atoms with E-state index in [9.17, 15) is 19.3 Å². The molecule has 1 amide bonds. The summed E-state index contributed by atoms with van der Waals surface area (Å²) < 4.78 is 17.4. The molecule has 1 aliphatic rings. The fourth-order valence-electron chi connectivity index (χ4n) is 3.53. The standard InChI is InChI=1S/C21H34NO5PS/c1-14-7-9-15(10-8-14)19(23)22(11-12-27-28(5,6)26)16-13-17(21(2,3)4)29-18(16)20(24)25/h13-15H,7-12H2,1-6H3,(H,24,25). The molecule has 1 N–H and O–H groups in total. The van der Waals surface area contributed by atoms with Crippen LogP contribution < -0.4 is 4.90 Å². The van der Waals surface area contributed by atoms with Gasteiger partial charge in [-0.05, 0) is 43.1 Å². The highest BCUT2D eigenvalue weighted by molar-refractivity contribution is 7.57. The van der Waals surface area contributed by atoms with Crippen LogP contribution in [-0.4, -0.2) is 43.5 Å². The van der Waals surface area contributed by atoms with E-state index in [1.54, 1.807) is 4.90 Å². The Balaban J connectivity index is 2.38. The highest BCUT2D eigenvalue weighted by Crippen LogP contribution is 2.40. The van der Waals surface area contributed by atoms with Gasteiger partial charge in [-0.15, -0.1) is 11.3 Å². The van der Waals surface area contributed by atoms with E-state index < -0.39 is 13.3 Å². The molecule has 0 bridgehead atoms. The lowest BCUT2D eigenvalue weighted by atomic mass is 9.82. The van der Waals surface area contributed by atoms with Gasteiger partial charge in [0.2, 0.25) is 5.91 Å². The summed E-state index contributed by atoms with van der Waals surface area (Å²) in [6.45, 7) is 11.6. The van der Waals surface area contributed by atoms with E-state index in [4.69, 9.17) is 4.52 Å². The lowest BCUT2D eigenvalue weighted by Crippen LogP contribution is -2.40. The number of amides is 1. The maximum atomic E-state index is 13.4. The van der Waals surface area contributed by atoms with E-state index in [1.165, 1.54) is 24.7 Å². The molecular formula is C21H34NO5PS. The van der Waals surface area contributed by atoms with Crippen LogP contribution in [0.5, 0.6) is 0 Å². The summed E-state index contributed by atoms with van der Waals surface area (Å²) >= 11 is 1.22. The van der Waals surface area contributed by atoms with Crippen LogP contribution in [0, 0.1) is 11.8 Å². The summed E-state index contributed by atoms with van der Waals surface area (Å²) in [6.07, 6.45) is 3.64. The fraction of sp³-hybridized carbons (Fsp3) is 0.714. The van der Waals surface area contributed by atoms with E-state index in [2.05, 4.69) is 6.92 Å². The number of anilines is 1. The van der Waals surface area contributed by atoms with Crippen molar-refractivity contribution < 1.29 is 23.8 Å². The molecule has 1 aromatic rings. The molecule has 8 heteroatoms. The number of carbonyl (C=O) groups excluding carboxylic acids is 1. The van der Waals surface area contributed by atoms with Gasteiger partial charge in [-0.25, -0.2) is 4.79 Å². The number of rotatable bonds is 7. The number of hydrogen-bond acceptors (Lipinski definition) is 5. The van der Waals surface area contributed by atoms with Gasteiger partial charge < -0.3 is 14.5 Å². The number of carbonyl (C=O) groups is 2. The first-order valence-corrected chi connectivity index (χ1v) is 13.5. The molecule has 0 aliphatic heterocycles. The van der Waals surface area contributed by atoms with Crippen LogP contribution in [0.2, 0.25) is 0 Å². The topological polar surface area (TPSA) is 83.9 Å². The van der Waals surface area contributed by atoms with Gasteiger partial charge in [0.25, 0.3) is 0 Å². The minimum absolute atomic E-state index is 0.0525. The number of thiophene rings is 1. The highest BCUT2D eigenvalue weighted by Gasteiger charge is 2.33. The van der Waals surface area contributed by atoms with Crippen molar-refractivity contribution in [2.24, 2.45) is 11.8 Å². The zero-order valence-electron chi connectivity index (χ0n) is 18.4. The average Bonchev–Trinajstić information content (AvgIpc) is 3.03. The van der Waals surface area contributed by atoms with Crippen LogP contribution in [0.4, 0.5) is 5.69 Å². The van der Waals surface area contributed by atoms with E-state index in [-0.39, 0.29) is 35.3 Å². The second-order valence-electron chi connectivity index (χ2n) is 9.41. The van der Waals surface area contributed by atoms with E-state index in [0.29, 0.717) is 11.6 Å². The Labute approximate surface area is 178 Å². The molecule has 0 aromatic carbocycles. The van der Waals surface area contributed by atoms with Gasteiger partial charge in [0.05, 0.1) is 12.3 Å². The lowest BCUT2D eigenvalue weighted by molar-refractivity contribution is -0.123. The van der Waals surface area contributed by atoms with Gasteiger partial charge in [0, 0.05) is 30.7 Å². The molecule has 29 heavy (non-hydrogen) atoms. The minimum Gasteiger partial charge on any atom is -0.477 e. The van der Waals surface area contributed by atoms with E-state index in [1.807, 2.05) is 26.8 Å². The Kier molecular flexibility index (Phi) is 7.74. The predicted octanol–water partition coefficient (Wildman–Crippen LogP) is 5.46. The number of aromatic carboxylic acids is 1. The first kappa shape index (κ1) is 24.1. The van der Waals surface area contributed by atoms with E-state index >= 15 is 0 Å². The predicted molar refractivity (Wildman–Crippen MR) is 119 cm³/mol. The second-order valence-corrected chi connectivity index (χ2v) is 13.2. The van der Waals surface area contributed by atoms with Crippen LogP contribution in [0.1, 0.15) is 67.9 Å². The quantitative estimate of drug-likeness (QED) is 0.566. The number of carboxylic acids is 1. The van der Waals surface area contributed by atoms with Gasteiger partial charge in [-0.1, -0.05) is 27.7 Å². The average molecular weight is 444 g/mol. The van der Waals surface area contributed by atoms with Crippen molar-refractivity contribution in [2.75, 3.05) is 31.4 Å². The second kappa shape index (κ2) is 9.32. The molecule has 1 heterocycles. The SMILES string of the molecule is CC1CCC(C(=O)N(CCOP(C)(C)=O)c2cc(C(C)(C)C)sc2C(=O)O)CC1. The Morgan fingerprint density at radius 3 is 2.31 bits per heavy atom. The molecule has 0 radical (unpaired) electrons. The summed E-state index contributed by atoms with van der Waals surface area (Å²) in [6, 6.07) is 1.83. The largest absolute Gasteiger partial charge is 0.477 e. The van der Waals surface area contributed by atoms with Crippen LogP contribution in [0.15, 0.2) is 6.07 Å². The molecule has 0 spiro atoms. The lowest BCUT2D eigenvalue weighted by Gasteiger charge is -2.31. The Hall–Kier alpha value is -1.17. The fourth-order valence-corrected chi connectivity index (χ4v) is 5.11. The molecule has 6 nitrogen and oxygen atoms in total.